The lowest BCUT2D eigenvalue weighted by Gasteiger charge is -2.31. The average Bonchev–Trinajstić information content (AvgIpc) is 2.79. The number of carbonyl (C=O) groups is 2. The minimum Gasteiger partial charge on any atom is -0.484 e. The Kier molecular flexibility index (Phi) is 8.51. The minimum atomic E-state index is -0.764. The normalized spacial score (nSPS) is 15.1. The van der Waals surface area contributed by atoms with Crippen LogP contribution in [0.5, 0.6) is 5.75 Å². The molecular weight excluding hydrogens is 431 g/mol. The molecule has 0 aliphatic heterocycles. The molecule has 1 aliphatic rings. The molecule has 0 saturated heterocycles. The number of halogens is 2. The highest BCUT2D eigenvalue weighted by atomic mass is 35.5. The van der Waals surface area contributed by atoms with Crippen LogP contribution in [-0.4, -0.2) is 35.4 Å². The zero-order chi connectivity index (χ0) is 23.1. The van der Waals surface area contributed by atoms with Crippen LogP contribution in [0.4, 0.5) is 4.39 Å². The molecule has 1 saturated carbocycles. The molecule has 172 valence electrons. The predicted molar refractivity (Wildman–Crippen MR) is 123 cm³/mol. The van der Waals surface area contributed by atoms with Gasteiger partial charge in [-0.25, -0.2) is 4.39 Å². The zero-order valence-electron chi connectivity index (χ0n) is 18.6. The second-order valence-electron chi connectivity index (χ2n) is 8.33. The largest absolute Gasteiger partial charge is 0.484 e. The lowest BCUT2D eigenvalue weighted by Crippen LogP contribution is -2.51. The summed E-state index contributed by atoms with van der Waals surface area (Å²) in [6, 6.07) is 10.8. The first-order valence-electron chi connectivity index (χ1n) is 11.1. The van der Waals surface area contributed by atoms with E-state index in [2.05, 4.69) is 5.32 Å². The van der Waals surface area contributed by atoms with Crippen molar-refractivity contribution in [2.75, 3.05) is 6.61 Å². The van der Waals surface area contributed by atoms with Crippen molar-refractivity contribution in [1.82, 2.24) is 10.2 Å². The van der Waals surface area contributed by atoms with E-state index in [-0.39, 0.29) is 25.1 Å². The van der Waals surface area contributed by atoms with Crippen molar-refractivity contribution in [1.29, 1.82) is 0 Å². The molecule has 1 aliphatic carbocycles. The Labute approximate surface area is 193 Å². The highest BCUT2D eigenvalue weighted by Crippen LogP contribution is 2.22. The van der Waals surface area contributed by atoms with Crippen LogP contribution < -0.4 is 10.1 Å². The molecule has 2 aromatic rings. The topological polar surface area (TPSA) is 58.6 Å². The van der Waals surface area contributed by atoms with Gasteiger partial charge in [-0.15, -0.1) is 0 Å². The van der Waals surface area contributed by atoms with Gasteiger partial charge in [0.25, 0.3) is 5.91 Å². The number of nitrogens with zero attached hydrogens (tertiary/aromatic N) is 1. The Bertz CT molecular complexity index is 947. The van der Waals surface area contributed by atoms with Gasteiger partial charge in [0.1, 0.15) is 17.6 Å². The maximum absolute atomic E-state index is 14.3. The van der Waals surface area contributed by atoms with E-state index >= 15 is 0 Å². The van der Waals surface area contributed by atoms with E-state index in [4.69, 9.17) is 16.3 Å². The van der Waals surface area contributed by atoms with Crippen molar-refractivity contribution in [3.63, 3.8) is 0 Å². The summed E-state index contributed by atoms with van der Waals surface area (Å²) >= 11 is 6.04. The van der Waals surface area contributed by atoms with Crippen molar-refractivity contribution < 1.29 is 18.7 Å². The van der Waals surface area contributed by atoms with Crippen LogP contribution in [0.25, 0.3) is 0 Å². The SMILES string of the molecule is Cc1cc(OCC(=O)N(Cc2ccccc2F)[C@@H](C)C(=O)NC2CCCCC2)ccc1Cl. The van der Waals surface area contributed by atoms with E-state index < -0.39 is 17.8 Å². The van der Waals surface area contributed by atoms with E-state index in [0.29, 0.717) is 16.3 Å². The molecule has 1 fully saturated rings. The summed E-state index contributed by atoms with van der Waals surface area (Å²) in [5.41, 5.74) is 1.18. The van der Waals surface area contributed by atoms with Crippen molar-refractivity contribution in [2.24, 2.45) is 0 Å². The van der Waals surface area contributed by atoms with Gasteiger partial charge < -0.3 is 15.0 Å². The average molecular weight is 461 g/mol. The molecule has 32 heavy (non-hydrogen) atoms. The smallest absolute Gasteiger partial charge is 0.261 e. The first-order valence-corrected chi connectivity index (χ1v) is 11.4. The summed E-state index contributed by atoms with van der Waals surface area (Å²) in [6.45, 7) is 3.23. The number of hydrogen-bond acceptors (Lipinski definition) is 3. The van der Waals surface area contributed by atoms with Gasteiger partial charge in [0.2, 0.25) is 5.91 Å². The summed E-state index contributed by atoms with van der Waals surface area (Å²) in [6.07, 6.45) is 5.25. The molecule has 0 radical (unpaired) electrons. The second kappa shape index (κ2) is 11.3. The van der Waals surface area contributed by atoms with E-state index in [1.807, 2.05) is 6.92 Å². The Morgan fingerprint density at radius 3 is 2.59 bits per heavy atom. The molecule has 2 aromatic carbocycles. The first kappa shape index (κ1) is 24.1. The van der Waals surface area contributed by atoms with E-state index in [9.17, 15) is 14.0 Å². The third-order valence-corrected chi connectivity index (χ3v) is 6.33. The van der Waals surface area contributed by atoms with Crippen molar-refractivity contribution in [2.45, 2.75) is 64.6 Å². The van der Waals surface area contributed by atoms with Crippen molar-refractivity contribution >= 4 is 23.4 Å². The van der Waals surface area contributed by atoms with Crippen LogP contribution in [0.15, 0.2) is 42.5 Å². The van der Waals surface area contributed by atoms with Gasteiger partial charge in [-0.1, -0.05) is 49.1 Å². The van der Waals surface area contributed by atoms with Crippen LogP contribution in [0.1, 0.15) is 50.2 Å². The molecular formula is C25H30ClFN2O3. The lowest BCUT2D eigenvalue weighted by atomic mass is 9.95. The molecule has 1 N–H and O–H groups in total. The molecule has 7 heteroatoms. The third kappa shape index (κ3) is 6.45. The maximum atomic E-state index is 14.3. The summed E-state index contributed by atoms with van der Waals surface area (Å²) < 4.78 is 20.0. The minimum absolute atomic E-state index is 0.0201. The Morgan fingerprint density at radius 2 is 1.91 bits per heavy atom. The standard InChI is InChI=1S/C25H30ClFN2O3/c1-17-14-21(12-13-22(17)26)32-16-24(30)29(15-19-8-6-7-11-23(19)27)18(2)25(31)28-20-9-4-3-5-10-20/h6-8,11-14,18,20H,3-5,9-10,15-16H2,1-2H3,(H,28,31)/t18-/m0/s1. The van der Waals surface area contributed by atoms with Gasteiger partial charge in [-0.3, -0.25) is 9.59 Å². The van der Waals surface area contributed by atoms with Gasteiger partial charge in [0.15, 0.2) is 6.61 Å². The summed E-state index contributed by atoms with van der Waals surface area (Å²) in [5, 5.41) is 3.67. The predicted octanol–water partition coefficient (Wildman–Crippen LogP) is 5.03. The van der Waals surface area contributed by atoms with Crippen LogP contribution >= 0.6 is 11.6 Å². The zero-order valence-corrected chi connectivity index (χ0v) is 19.3. The maximum Gasteiger partial charge on any atom is 0.261 e. The molecule has 0 bridgehead atoms. The number of hydrogen-bond donors (Lipinski definition) is 1. The number of rotatable bonds is 8. The molecule has 2 amide bonds. The monoisotopic (exact) mass is 460 g/mol. The molecule has 1 atom stereocenters. The number of amides is 2. The Balaban J connectivity index is 1.72. The molecule has 0 unspecified atom stereocenters. The van der Waals surface area contributed by atoms with Crippen LogP contribution in [-0.2, 0) is 16.1 Å². The molecule has 5 nitrogen and oxygen atoms in total. The highest BCUT2D eigenvalue weighted by Gasteiger charge is 2.29. The van der Waals surface area contributed by atoms with E-state index in [1.54, 1.807) is 43.3 Å². The molecule has 0 spiro atoms. The molecule has 0 aromatic heterocycles. The van der Waals surface area contributed by atoms with Gasteiger partial charge in [-0.2, -0.15) is 0 Å². The molecule has 0 heterocycles. The quantitative estimate of drug-likeness (QED) is 0.600. The van der Waals surface area contributed by atoms with E-state index in [1.165, 1.54) is 17.4 Å². The Morgan fingerprint density at radius 1 is 1.19 bits per heavy atom. The van der Waals surface area contributed by atoms with Crippen molar-refractivity contribution in [3.05, 3.63) is 64.4 Å². The van der Waals surface area contributed by atoms with Crippen LogP contribution in [0.2, 0.25) is 5.02 Å². The number of nitrogens with one attached hydrogen (secondary N) is 1. The summed E-state index contributed by atoms with van der Waals surface area (Å²) in [4.78, 5) is 27.4. The second-order valence-corrected chi connectivity index (χ2v) is 8.74. The number of aryl methyl sites for hydroxylation is 1. The fourth-order valence-electron chi connectivity index (χ4n) is 3.90. The van der Waals surface area contributed by atoms with E-state index in [0.717, 1.165) is 31.2 Å². The van der Waals surface area contributed by atoms with Gasteiger partial charge in [0, 0.05) is 23.2 Å². The first-order chi connectivity index (χ1) is 15.3. The number of benzene rings is 2. The van der Waals surface area contributed by atoms with Crippen LogP contribution in [0, 0.1) is 12.7 Å². The van der Waals surface area contributed by atoms with Crippen LogP contribution in [0.3, 0.4) is 0 Å². The third-order valence-electron chi connectivity index (χ3n) is 5.91. The summed E-state index contributed by atoms with van der Waals surface area (Å²) in [5.74, 6) is -0.541. The molecule has 3 rings (SSSR count). The number of carbonyl (C=O) groups excluding carboxylic acids is 2. The van der Waals surface area contributed by atoms with Gasteiger partial charge in [0.05, 0.1) is 0 Å². The highest BCUT2D eigenvalue weighted by molar-refractivity contribution is 6.31. The van der Waals surface area contributed by atoms with Crippen molar-refractivity contribution in [3.8, 4) is 5.75 Å². The lowest BCUT2D eigenvalue weighted by molar-refractivity contribution is -0.142. The van der Waals surface area contributed by atoms with Gasteiger partial charge in [-0.05, 0) is 56.5 Å². The summed E-state index contributed by atoms with van der Waals surface area (Å²) in [7, 11) is 0. The van der Waals surface area contributed by atoms with Gasteiger partial charge >= 0.3 is 0 Å². The number of ether oxygens (including phenoxy) is 1. The fourth-order valence-corrected chi connectivity index (χ4v) is 4.01. The Hall–Kier alpha value is -2.60. The fraction of sp³-hybridized carbons (Fsp3) is 0.440.